The van der Waals surface area contributed by atoms with E-state index in [1.165, 1.54) is 10.9 Å². The van der Waals surface area contributed by atoms with E-state index in [2.05, 4.69) is 30.2 Å². The van der Waals surface area contributed by atoms with E-state index < -0.39 is 0 Å². The van der Waals surface area contributed by atoms with E-state index in [0.29, 0.717) is 14.3 Å². The summed E-state index contributed by atoms with van der Waals surface area (Å²) >= 11 is 0. The van der Waals surface area contributed by atoms with Gasteiger partial charge in [-0.2, -0.15) is 5.10 Å². The van der Waals surface area contributed by atoms with Gasteiger partial charge in [-0.1, -0.05) is 38.9 Å². The number of benzene rings is 2. The molecule has 0 amide bonds. The Morgan fingerprint density at radius 3 is 2.52 bits per heavy atom. The molecule has 23 heavy (non-hydrogen) atoms. The molecule has 0 fully saturated rings. The predicted octanol–water partition coefficient (Wildman–Crippen LogP) is 3.32. The summed E-state index contributed by atoms with van der Waals surface area (Å²) in [5, 5.41) is 16.9. The van der Waals surface area contributed by atoms with E-state index in [-0.39, 0.29) is 0 Å². The minimum atomic E-state index is 0.392. The van der Waals surface area contributed by atoms with Gasteiger partial charge in [0.1, 0.15) is 5.75 Å². The molecule has 3 aromatic rings. The Kier molecular flexibility index (Phi) is 4.59. The second-order valence-corrected chi connectivity index (χ2v) is 6.83. The number of hydrogen-bond donors (Lipinski definition) is 1. The van der Waals surface area contributed by atoms with Crippen LogP contribution in [0.5, 0.6) is 5.75 Å². The number of aromatic hydroxyl groups is 1. The van der Waals surface area contributed by atoms with Crippen molar-refractivity contribution < 1.29 is 5.11 Å². The summed E-state index contributed by atoms with van der Waals surface area (Å²) in [6.45, 7) is 4.00. The molecule has 0 radical (unpaired) electrons. The molecule has 0 aliphatic carbocycles. The van der Waals surface area contributed by atoms with Gasteiger partial charge in [-0.25, -0.2) is 4.68 Å². The standard InChI is InChI=1S/C19H19N2OP/c1-14-11-15(2)19(22)18(12-14)23-17-8-4-3-7-16(17)13-20-21-9-5-6-10-21/h3-13,22-23H,1-2H3. The van der Waals surface area contributed by atoms with E-state index in [1.807, 2.05) is 55.9 Å². The van der Waals surface area contributed by atoms with Crippen LogP contribution in [-0.2, 0) is 0 Å². The molecule has 0 saturated heterocycles. The zero-order valence-electron chi connectivity index (χ0n) is 13.2. The smallest absolute Gasteiger partial charge is 0.126 e. The van der Waals surface area contributed by atoms with E-state index in [9.17, 15) is 5.11 Å². The Morgan fingerprint density at radius 2 is 1.74 bits per heavy atom. The van der Waals surface area contributed by atoms with E-state index in [1.54, 1.807) is 4.68 Å². The Labute approximate surface area is 138 Å². The molecule has 1 atom stereocenters. The number of aryl methyl sites for hydroxylation is 2. The second-order valence-electron chi connectivity index (χ2n) is 5.50. The SMILES string of the molecule is Cc1cc(C)c(O)c(Pc2ccccc2C=Nn2cccc2)c1. The topological polar surface area (TPSA) is 37.5 Å². The third-order valence-corrected chi connectivity index (χ3v) is 4.97. The maximum absolute atomic E-state index is 10.3. The largest absolute Gasteiger partial charge is 0.507 e. The normalized spacial score (nSPS) is 11.7. The number of rotatable bonds is 4. The van der Waals surface area contributed by atoms with Crippen molar-refractivity contribution in [1.29, 1.82) is 0 Å². The highest BCUT2D eigenvalue weighted by Crippen LogP contribution is 2.24. The Balaban J connectivity index is 1.92. The zero-order valence-corrected chi connectivity index (χ0v) is 14.2. The average Bonchev–Trinajstić information content (AvgIpc) is 3.04. The van der Waals surface area contributed by atoms with Gasteiger partial charge in [-0.05, 0) is 48.5 Å². The minimum absolute atomic E-state index is 0.392. The van der Waals surface area contributed by atoms with Crippen molar-refractivity contribution in [3.8, 4) is 5.75 Å². The third-order valence-electron chi connectivity index (χ3n) is 3.59. The molecule has 1 N–H and O–H groups in total. The number of aromatic nitrogens is 1. The molecule has 0 aliphatic heterocycles. The number of phenols is 1. The Bertz CT molecular complexity index is 839. The highest BCUT2D eigenvalue weighted by atomic mass is 31.1. The fraction of sp³-hybridized carbons (Fsp3) is 0.105. The fourth-order valence-electron chi connectivity index (χ4n) is 2.46. The van der Waals surface area contributed by atoms with Crippen molar-refractivity contribution in [1.82, 2.24) is 4.68 Å². The summed E-state index contributed by atoms with van der Waals surface area (Å²) < 4.78 is 1.77. The molecule has 116 valence electrons. The summed E-state index contributed by atoms with van der Waals surface area (Å²) in [7, 11) is 0.392. The fourth-order valence-corrected chi connectivity index (χ4v) is 3.83. The van der Waals surface area contributed by atoms with Gasteiger partial charge in [-0.15, -0.1) is 0 Å². The van der Waals surface area contributed by atoms with Crippen LogP contribution in [0, 0.1) is 13.8 Å². The summed E-state index contributed by atoms with van der Waals surface area (Å²) in [4.78, 5) is 0. The van der Waals surface area contributed by atoms with Gasteiger partial charge in [-0.3, -0.25) is 0 Å². The van der Waals surface area contributed by atoms with Gasteiger partial charge in [0.2, 0.25) is 0 Å². The van der Waals surface area contributed by atoms with Crippen LogP contribution in [0.4, 0.5) is 0 Å². The summed E-state index contributed by atoms with van der Waals surface area (Å²) in [5.41, 5.74) is 3.16. The molecule has 3 nitrogen and oxygen atoms in total. The predicted molar refractivity (Wildman–Crippen MR) is 99.0 cm³/mol. The third kappa shape index (κ3) is 3.69. The average molecular weight is 322 g/mol. The van der Waals surface area contributed by atoms with Crippen molar-refractivity contribution in [2.24, 2.45) is 5.10 Å². The highest BCUT2D eigenvalue weighted by Gasteiger charge is 2.08. The first-order chi connectivity index (χ1) is 11.1. The van der Waals surface area contributed by atoms with Crippen LogP contribution in [0.2, 0.25) is 0 Å². The van der Waals surface area contributed by atoms with E-state index in [0.717, 1.165) is 16.4 Å². The van der Waals surface area contributed by atoms with Crippen LogP contribution in [0.1, 0.15) is 16.7 Å². The maximum Gasteiger partial charge on any atom is 0.126 e. The first-order valence-electron chi connectivity index (χ1n) is 7.47. The first-order valence-corrected chi connectivity index (χ1v) is 8.47. The highest BCUT2D eigenvalue weighted by molar-refractivity contribution is 7.56. The minimum Gasteiger partial charge on any atom is -0.507 e. The molecule has 4 heteroatoms. The van der Waals surface area contributed by atoms with Gasteiger partial charge in [0, 0.05) is 23.3 Å². The molecule has 1 unspecified atom stereocenters. The Hall–Kier alpha value is -2.38. The van der Waals surface area contributed by atoms with Crippen molar-refractivity contribution in [2.75, 3.05) is 0 Å². The number of hydrogen-bond acceptors (Lipinski definition) is 2. The molecule has 1 aromatic heterocycles. The van der Waals surface area contributed by atoms with Gasteiger partial charge >= 0.3 is 0 Å². The lowest BCUT2D eigenvalue weighted by atomic mass is 10.1. The van der Waals surface area contributed by atoms with Crippen LogP contribution >= 0.6 is 8.58 Å². The van der Waals surface area contributed by atoms with E-state index >= 15 is 0 Å². The van der Waals surface area contributed by atoms with Crippen molar-refractivity contribution in [2.45, 2.75) is 13.8 Å². The van der Waals surface area contributed by atoms with Crippen molar-refractivity contribution >= 4 is 25.4 Å². The lowest BCUT2D eigenvalue weighted by Crippen LogP contribution is -2.10. The molecule has 2 aromatic carbocycles. The molecule has 1 heterocycles. The Morgan fingerprint density at radius 1 is 1.00 bits per heavy atom. The van der Waals surface area contributed by atoms with Crippen LogP contribution < -0.4 is 10.6 Å². The van der Waals surface area contributed by atoms with Crippen LogP contribution in [0.3, 0.4) is 0 Å². The monoisotopic (exact) mass is 322 g/mol. The first kappa shape index (κ1) is 15.5. The number of nitrogens with zero attached hydrogens (tertiary/aromatic N) is 2. The molecule has 0 aliphatic rings. The van der Waals surface area contributed by atoms with Gasteiger partial charge < -0.3 is 5.11 Å². The van der Waals surface area contributed by atoms with Crippen LogP contribution in [0.15, 0.2) is 66.0 Å². The quantitative estimate of drug-likeness (QED) is 0.581. The van der Waals surface area contributed by atoms with Crippen LogP contribution in [0.25, 0.3) is 0 Å². The second kappa shape index (κ2) is 6.80. The summed E-state index contributed by atoms with van der Waals surface area (Å²) in [6.07, 6.45) is 5.66. The molecular formula is C19H19N2OP. The van der Waals surface area contributed by atoms with Crippen LogP contribution in [-0.4, -0.2) is 16.0 Å². The van der Waals surface area contributed by atoms with E-state index in [4.69, 9.17) is 0 Å². The zero-order chi connectivity index (χ0) is 16.2. The molecule has 0 saturated carbocycles. The van der Waals surface area contributed by atoms with Crippen molar-refractivity contribution in [3.63, 3.8) is 0 Å². The van der Waals surface area contributed by atoms with Gasteiger partial charge in [0.05, 0.1) is 6.21 Å². The summed E-state index contributed by atoms with van der Waals surface area (Å²) in [6, 6.07) is 16.1. The molecule has 3 rings (SSSR count). The molecule has 0 spiro atoms. The lowest BCUT2D eigenvalue weighted by Gasteiger charge is -2.11. The maximum atomic E-state index is 10.3. The summed E-state index contributed by atoms with van der Waals surface area (Å²) in [5.74, 6) is 0.395. The van der Waals surface area contributed by atoms with Gasteiger partial charge in [0.25, 0.3) is 0 Å². The van der Waals surface area contributed by atoms with Gasteiger partial charge in [0.15, 0.2) is 0 Å². The molecule has 0 bridgehead atoms. The van der Waals surface area contributed by atoms with Crippen molar-refractivity contribution in [3.05, 3.63) is 77.6 Å². The lowest BCUT2D eigenvalue weighted by molar-refractivity contribution is 0.475. The number of phenolic OH excluding ortho intramolecular Hbond substituents is 1. The molecular weight excluding hydrogens is 303 g/mol.